The highest BCUT2D eigenvalue weighted by molar-refractivity contribution is 6.21. The summed E-state index contributed by atoms with van der Waals surface area (Å²) in [5.74, 6) is 2.32. The van der Waals surface area contributed by atoms with E-state index in [1.165, 1.54) is 0 Å². The second-order valence-electron chi connectivity index (χ2n) is 12.4. The van der Waals surface area contributed by atoms with Crippen LogP contribution in [0.25, 0.3) is 101 Å². The summed E-state index contributed by atoms with van der Waals surface area (Å²) in [7, 11) is 0. The summed E-state index contributed by atoms with van der Waals surface area (Å²) in [5.41, 5.74) is 10.6. The standard InChI is InChI=1S/C44H26N6O2/c1-3-8-30(9-4-1)41-48-42(31-10-5-2-6-11-31)50-43(49-41)32-20-16-28(17-21-32)27-14-18-29(19-15-27)33-12-7-13-35-38(33)39-36(51-35)22-23-37-40(39)47-44(52-37)34-26-45-24-25-46-34/h1-26H. The van der Waals surface area contributed by atoms with Crippen molar-refractivity contribution in [1.29, 1.82) is 0 Å². The van der Waals surface area contributed by atoms with Gasteiger partial charge in [0, 0.05) is 34.5 Å². The fraction of sp³-hybridized carbons (Fsp3) is 0. The van der Waals surface area contributed by atoms with Gasteiger partial charge in [-0.3, -0.25) is 4.98 Å². The van der Waals surface area contributed by atoms with Gasteiger partial charge in [-0.25, -0.2) is 24.9 Å². The van der Waals surface area contributed by atoms with E-state index in [0.29, 0.717) is 34.6 Å². The smallest absolute Gasteiger partial charge is 0.247 e. The van der Waals surface area contributed by atoms with Crippen LogP contribution in [0.4, 0.5) is 0 Å². The summed E-state index contributed by atoms with van der Waals surface area (Å²) in [6, 6.07) is 46.9. The van der Waals surface area contributed by atoms with Crippen LogP contribution in [0.2, 0.25) is 0 Å². The molecule has 244 valence electrons. The first-order valence-corrected chi connectivity index (χ1v) is 16.8. The maximum Gasteiger partial charge on any atom is 0.247 e. The minimum Gasteiger partial charge on any atom is -0.456 e. The predicted octanol–water partition coefficient (Wildman–Crippen LogP) is 10.7. The number of hydrogen-bond acceptors (Lipinski definition) is 8. The van der Waals surface area contributed by atoms with Gasteiger partial charge in [0.2, 0.25) is 5.89 Å². The number of oxazole rings is 1. The Morgan fingerprint density at radius 1 is 0.385 bits per heavy atom. The number of fused-ring (bicyclic) bond motifs is 5. The van der Waals surface area contributed by atoms with Crippen LogP contribution < -0.4 is 0 Å². The highest BCUT2D eigenvalue weighted by Crippen LogP contribution is 2.41. The Morgan fingerprint density at radius 3 is 1.56 bits per heavy atom. The van der Waals surface area contributed by atoms with Crippen LogP contribution in [0.1, 0.15) is 0 Å². The first kappa shape index (κ1) is 29.6. The third-order valence-corrected chi connectivity index (χ3v) is 9.17. The number of rotatable bonds is 6. The van der Waals surface area contributed by atoms with E-state index in [2.05, 4.69) is 64.6 Å². The Hall–Kier alpha value is -7.32. The topological polar surface area (TPSA) is 104 Å². The number of nitrogens with zero attached hydrogens (tertiary/aromatic N) is 6. The van der Waals surface area contributed by atoms with E-state index in [4.69, 9.17) is 28.8 Å². The van der Waals surface area contributed by atoms with Crippen molar-refractivity contribution < 1.29 is 8.83 Å². The van der Waals surface area contributed by atoms with Gasteiger partial charge < -0.3 is 8.83 Å². The van der Waals surface area contributed by atoms with Crippen molar-refractivity contribution >= 4 is 33.0 Å². The molecule has 0 amide bonds. The molecule has 0 aliphatic carbocycles. The van der Waals surface area contributed by atoms with E-state index < -0.39 is 0 Å². The Kier molecular flexibility index (Phi) is 6.95. The number of benzene rings is 6. The molecule has 0 aliphatic rings. The molecule has 10 rings (SSSR count). The van der Waals surface area contributed by atoms with Gasteiger partial charge in [-0.15, -0.1) is 0 Å². The number of aromatic nitrogens is 6. The first-order chi connectivity index (χ1) is 25.7. The lowest BCUT2D eigenvalue weighted by molar-refractivity contribution is 0.616. The second-order valence-corrected chi connectivity index (χ2v) is 12.4. The Labute approximate surface area is 297 Å². The van der Waals surface area contributed by atoms with Gasteiger partial charge in [-0.2, -0.15) is 0 Å². The zero-order valence-corrected chi connectivity index (χ0v) is 27.5. The van der Waals surface area contributed by atoms with Gasteiger partial charge in [0.05, 0.1) is 11.6 Å². The maximum atomic E-state index is 6.32. The van der Waals surface area contributed by atoms with Crippen LogP contribution in [0, 0.1) is 0 Å². The molecule has 0 saturated heterocycles. The highest BCUT2D eigenvalue weighted by atomic mass is 16.4. The lowest BCUT2D eigenvalue weighted by Gasteiger charge is -2.09. The van der Waals surface area contributed by atoms with Gasteiger partial charge >= 0.3 is 0 Å². The molecule has 0 fully saturated rings. The Bertz CT molecular complexity index is 2810. The summed E-state index contributed by atoms with van der Waals surface area (Å²) >= 11 is 0. The second kappa shape index (κ2) is 12.2. The van der Waals surface area contributed by atoms with E-state index >= 15 is 0 Å². The summed E-state index contributed by atoms with van der Waals surface area (Å²) in [6.45, 7) is 0. The summed E-state index contributed by atoms with van der Waals surface area (Å²) in [5, 5.41) is 1.90. The largest absolute Gasteiger partial charge is 0.456 e. The molecule has 8 nitrogen and oxygen atoms in total. The van der Waals surface area contributed by atoms with Gasteiger partial charge in [0.15, 0.2) is 23.1 Å². The fourth-order valence-corrected chi connectivity index (χ4v) is 6.65. The molecule has 0 aliphatic heterocycles. The fourth-order valence-electron chi connectivity index (χ4n) is 6.65. The number of furan rings is 1. The van der Waals surface area contributed by atoms with Gasteiger partial charge in [0.1, 0.15) is 22.4 Å². The molecule has 0 saturated carbocycles. The molecule has 4 aromatic heterocycles. The average Bonchev–Trinajstić information content (AvgIpc) is 3.84. The van der Waals surface area contributed by atoms with Crippen LogP contribution in [-0.2, 0) is 0 Å². The van der Waals surface area contributed by atoms with Crippen LogP contribution in [0.3, 0.4) is 0 Å². The van der Waals surface area contributed by atoms with E-state index in [1.54, 1.807) is 18.6 Å². The average molecular weight is 671 g/mol. The van der Waals surface area contributed by atoms with Crippen LogP contribution in [0.15, 0.2) is 167 Å². The molecule has 0 spiro atoms. The van der Waals surface area contributed by atoms with Crippen LogP contribution in [0.5, 0.6) is 0 Å². The third kappa shape index (κ3) is 5.18. The van der Waals surface area contributed by atoms with E-state index in [-0.39, 0.29) is 0 Å². The maximum absolute atomic E-state index is 6.32. The van der Waals surface area contributed by atoms with Crippen molar-refractivity contribution in [2.24, 2.45) is 0 Å². The molecule has 0 unspecified atom stereocenters. The zero-order chi connectivity index (χ0) is 34.4. The van der Waals surface area contributed by atoms with E-state index in [0.717, 1.165) is 66.4 Å². The van der Waals surface area contributed by atoms with Crippen molar-refractivity contribution in [3.8, 4) is 68.0 Å². The minimum absolute atomic E-state index is 0.418. The van der Waals surface area contributed by atoms with Gasteiger partial charge in [-0.1, -0.05) is 121 Å². The Balaban J connectivity index is 1.00. The molecular weight excluding hydrogens is 645 g/mol. The van der Waals surface area contributed by atoms with Crippen molar-refractivity contribution in [2.75, 3.05) is 0 Å². The minimum atomic E-state index is 0.418. The monoisotopic (exact) mass is 670 g/mol. The van der Waals surface area contributed by atoms with E-state index in [1.807, 2.05) is 84.9 Å². The summed E-state index contributed by atoms with van der Waals surface area (Å²) in [4.78, 5) is 28.0. The molecule has 0 radical (unpaired) electrons. The lowest BCUT2D eigenvalue weighted by Crippen LogP contribution is -2.00. The third-order valence-electron chi connectivity index (χ3n) is 9.17. The molecule has 52 heavy (non-hydrogen) atoms. The highest BCUT2D eigenvalue weighted by Gasteiger charge is 2.20. The van der Waals surface area contributed by atoms with Crippen molar-refractivity contribution in [3.05, 3.63) is 158 Å². The van der Waals surface area contributed by atoms with Crippen molar-refractivity contribution in [1.82, 2.24) is 29.9 Å². The molecule has 6 aromatic carbocycles. The first-order valence-electron chi connectivity index (χ1n) is 16.8. The molecule has 0 bridgehead atoms. The van der Waals surface area contributed by atoms with E-state index in [9.17, 15) is 0 Å². The molecule has 0 atom stereocenters. The van der Waals surface area contributed by atoms with Gasteiger partial charge in [-0.05, 0) is 40.5 Å². The SMILES string of the molecule is c1ccc(-c2nc(-c3ccccc3)nc(-c3ccc(-c4ccc(-c5cccc6oc7ccc8oc(-c9cnccn9)nc8c7c56)cc4)cc3)n2)cc1. The molecule has 0 N–H and O–H groups in total. The summed E-state index contributed by atoms with van der Waals surface area (Å²) < 4.78 is 12.4. The lowest BCUT2D eigenvalue weighted by atomic mass is 9.96. The summed E-state index contributed by atoms with van der Waals surface area (Å²) in [6.07, 6.45) is 4.90. The van der Waals surface area contributed by atoms with Gasteiger partial charge in [0.25, 0.3) is 0 Å². The number of hydrogen-bond donors (Lipinski definition) is 0. The quantitative estimate of drug-likeness (QED) is 0.172. The van der Waals surface area contributed by atoms with Crippen molar-refractivity contribution in [2.45, 2.75) is 0 Å². The molecule has 10 aromatic rings. The normalized spacial score (nSPS) is 11.5. The Morgan fingerprint density at radius 2 is 0.942 bits per heavy atom. The molecule has 4 heterocycles. The molecular formula is C44H26N6O2. The zero-order valence-electron chi connectivity index (χ0n) is 27.5. The van der Waals surface area contributed by atoms with Crippen LogP contribution in [-0.4, -0.2) is 29.9 Å². The molecule has 8 heteroatoms. The van der Waals surface area contributed by atoms with Crippen LogP contribution >= 0.6 is 0 Å². The van der Waals surface area contributed by atoms with Crippen molar-refractivity contribution in [3.63, 3.8) is 0 Å². The predicted molar refractivity (Wildman–Crippen MR) is 203 cm³/mol.